The third-order valence-electron chi connectivity index (χ3n) is 3.80. The van der Waals surface area contributed by atoms with E-state index in [2.05, 4.69) is 0 Å². The summed E-state index contributed by atoms with van der Waals surface area (Å²) in [6.45, 7) is 1.93. The minimum Gasteiger partial charge on any atom is -0.484 e. The Morgan fingerprint density at radius 2 is 2.19 bits per heavy atom. The van der Waals surface area contributed by atoms with E-state index in [1.807, 2.05) is 6.92 Å². The van der Waals surface area contributed by atoms with Crippen molar-refractivity contribution >= 4 is 5.91 Å². The van der Waals surface area contributed by atoms with Crippen LogP contribution in [0.15, 0.2) is 18.2 Å². The predicted octanol–water partition coefficient (Wildman–Crippen LogP) is 2.11. The number of ether oxygens (including phenoxy) is 1. The van der Waals surface area contributed by atoms with Crippen molar-refractivity contribution in [2.75, 3.05) is 13.7 Å². The molecular formula is C16H23FN2O2. The van der Waals surface area contributed by atoms with Crippen LogP contribution in [0.2, 0.25) is 0 Å². The van der Waals surface area contributed by atoms with Crippen LogP contribution in [0, 0.1) is 5.82 Å². The number of amides is 1. The number of carbonyl (C=O) groups is 1. The first-order chi connectivity index (χ1) is 9.99. The fraction of sp³-hybridized carbons (Fsp3) is 0.562. The summed E-state index contributed by atoms with van der Waals surface area (Å²) in [5.41, 5.74) is 6.68. The largest absolute Gasteiger partial charge is 0.484 e. The van der Waals surface area contributed by atoms with E-state index in [1.54, 1.807) is 18.0 Å². The molecule has 0 aliphatic heterocycles. The smallest absolute Gasteiger partial charge is 0.260 e. The van der Waals surface area contributed by atoms with Crippen LogP contribution in [0.1, 0.15) is 31.7 Å². The highest BCUT2D eigenvalue weighted by Gasteiger charge is 2.29. The molecule has 0 heterocycles. The first-order valence-electron chi connectivity index (χ1n) is 7.43. The average Bonchev–Trinajstić information content (AvgIpc) is 3.27. The SMILES string of the molecule is CCC(N)Cc1cc(F)cc(OCC(=O)N(C)C2CC2)c1. The van der Waals surface area contributed by atoms with Crippen LogP contribution in [-0.4, -0.2) is 36.5 Å². The van der Waals surface area contributed by atoms with Crippen molar-refractivity contribution in [1.29, 1.82) is 0 Å². The van der Waals surface area contributed by atoms with Gasteiger partial charge in [-0.1, -0.05) is 6.92 Å². The highest BCUT2D eigenvalue weighted by Crippen LogP contribution is 2.25. The Morgan fingerprint density at radius 3 is 2.81 bits per heavy atom. The lowest BCUT2D eigenvalue weighted by Gasteiger charge is -2.17. The third-order valence-corrected chi connectivity index (χ3v) is 3.80. The molecule has 0 bridgehead atoms. The van der Waals surface area contributed by atoms with Gasteiger partial charge in [0, 0.05) is 25.2 Å². The molecule has 0 saturated heterocycles. The summed E-state index contributed by atoms with van der Waals surface area (Å²) >= 11 is 0. The van der Waals surface area contributed by atoms with Gasteiger partial charge in [0.25, 0.3) is 5.91 Å². The lowest BCUT2D eigenvalue weighted by Crippen LogP contribution is -2.33. The lowest BCUT2D eigenvalue weighted by atomic mass is 10.0. The number of hydrogen-bond acceptors (Lipinski definition) is 3. The Morgan fingerprint density at radius 1 is 1.48 bits per heavy atom. The van der Waals surface area contributed by atoms with E-state index in [9.17, 15) is 9.18 Å². The molecule has 1 saturated carbocycles. The van der Waals surface area contributed by atoms with Gasteiger partial charge in [0.15, 0.2) is 6.61 Å². The van der Waals surface area contributed by atoms with Crippen molar-refractivity contribution in [1.82, 2.24) is 4.90 Å². The molecule has 4 nitrogen and oxygen atoms in total. The molecule has 1 fully saturated rings. The Kier molecular flexibility index (Phi) is 5.17. The fourth-order valence-electron chi connectivity index (χ4n) is 2.18. The van der Waals surface area contributed by atoms with Crippen LogP contribution in [0.3, 0.4) is 0 Å². The van der Waals surface area contributed by atoms with Crippen LogP contribution in [0.5, 0.6) is 5.75 Å². The molecule has 1 aliphatic rings. The van der Waals surface area contributed by atoms with Gasteiger partial charge >= 0.3 is 0 Å². The quantitative estimate of drug-likeness (QED) is 0.838. The zero-order valence-electron chi connectivity index (χ0n) is 12.6. The molecule has 1 aliphatic carbocycles. The van der Waals surface area contributed by atoms with Crippen LogP contribution in [-0.2, 0) is 11.2 Å². The molecule has 2 N–H and O–H groups in total. The van der Waals surface area contributed by atoms with Crippen LogP contribution < -0.4 is 10.5 Å². The Labute approximate surface area is 125 Å². The van der Waals surface area contributed by atoms with Gasteiger partial charge in [0.1, 0.15) is 11.6 Å². The maximum absolute atomic E-state index is 13.6. The van der Waals surface area contributed by atoms with Crippen molar-refractivity contribution < 1.29 is 13.9 Å². The zero-order chi connectivity index (χ0) is 15.4. The maximum atomic E-state index is 13.6. The van der Waals surface area contributed by atoms with Crippen LogP contribution >= 0.6 is 0 Å². The van der Waals surface area contributed by atoms with Gasteiger partial charge in [0.2, 0.25) is 0 Å². The van der Waals surface area contributed by atoms with E-state index in [1.165, 1.54) is 12.1 Å². The van der Waals surface area contributed by atoms with Gasteiger partial charge in [-0.2, -0.15) is 0 Å². The summed E-state index contributed by atoms with van der Waals surface area (Å²) in [5.74, 6) is -0.0618. The Bertz CT molecular complexity index is 503. The van der Waals surface area contributed by atoms with Gasteiger partial charge in [-0.05, 0) is 43.4 Å². The van der Waals surface area contributed by atoms with Gasteiger partial charge in [-0.3, -0.25) is 4.79 Å². The van der Waals surface area contributed by atoms with E-state index >= 15 is 0 Å². The molecule has 1 aromatic carbocycles. The molecule has 1 unspecified atom stereocenters. The molecule has 5 heteroatoms. The van der Waals surface area contributed by atoms with Gasteiger partial charge in [-0.15, -0.1) is 0 Å². The minimum atomic E-state index is -0.367. The summed E-state index contributed by atoms with van der Waals surface area (Å²) in [6.07, 6.45) is 3.54. The number of nitrogens with zero attached hydrogens (tertiary/aromatic N) is 1. The van der Waals surface area contributed by atoms with Gasteiger partial charge in [-0.25, -0.2) is 4.39 Å². The fourth-order valence-corrected chi connectivity index (χ4v) is 2.18. The summed E-state index contributed by atoms with van der Waals surface area (Å²) in [7, 11) is 1.78. The molecular weight excluding hydrogens is 271 g/mol. The van der Waals surface area contributed by atoms with E-state index in [-0.39, 0.29) is 24.4 Å². The minimum absolute atomic E-state index is 0.00211. The van der Waals surface area contributed by atoms with E-state index in [0.29, 0.717) is 18.2 Å². The number of carbonyl (C=O) groups excluding carboxylic acids is 1. The monoisotopic (exact) mass is 294 g/mol. The van der Waals surface area contributed by atoms with E-state index < -0.39 is 0 Å². The number of nitrogens with two attached hydrogens (primary N) is 1. The lowest BCUT2D eigenvalue weighted by molar-refractivity contribution is -0.132. The highest BCUT2D eigenvalue weighted by atomic mass is 19.1. The molecule has 1 aromatic rings. The maximum Gasteiger partial charge on any atom is 0.260 e. The first-order valence-corrected chi connectivity index (χ1v) is 7.43. The van der Waals surface area contributed by atoms with E-state index in [0.717, 1.165) is 24.8 Å². The highest BCUT2D eigenvalue weighted by molar-refractivity contribution is 5.78. The summed E-state index contributed by atoms with van der Waals surface area (Å²) < 4.78 is 19.0. The second kappa shape index (κ2) is 6.89. The predicted molar refractivity (Wildman–Crippen MR) is 79.7 cm³/mol. The average molecular weight is 294 g/mol. The second-order valence-corrected chi connectivity index (χ2v) is 5.69. The van der Waals surface area contributed by atoms with Crippen molar-refractivity contribution in [2.24, 2.45) is 5.73 Å². The number of likely N-dealkylation sites (N-methyl/N-ethyl adjacent to an activating group) is 1. The molecule has 0 spiro atoms. The summed E-state index contributed by atoms with van der Waals surface area (Å²) in [4.78, 5) is 13.6. The number of halogens is 1. The Hall–Kier alpha value is -1.62. The van der Waals surface area contributed by atoms with Gasteiger partial charge < -0.3 is 15.4 Å². The molecule has 1 amide bonds. The topological polar surface area (TPSA) is 55.6 Å². The number of rotatable bonds is 7. The van der Waals surface area contributed by atoms with Crippen LogP contribution in [0.25, 0.3) is 0 Å². The van der Waals surface area contributed by atoms with Crippen molar-refractivity contribution in [3.05, 3.63) is 29.6 Å². The van der Waals surface area contributed by atoms with Gasteiger partial charge in [0.05, 0.1) is 0 Å². The zero-order valence-corrected chi connectivity index (χ0v) is 12.6. The van der Waals surface area contributed by atoms with Crippen molar-refractivity contribution in [3.8, 4) is 5.75 Å². The third kappa shape index (κ3) is 4.70. The number of benzene rings is 1. The second-order valence-electron chi connectivity index (χ2n) is 5.69. The molecule has 116 valence electrons. The van der Waals surface area contributed by atoms with Crippen molar-refractivity contribution in [3.63, 3.8) is 0 Å². The number of hydrogen-bond donors (Lipinski definition) is 1. The van der Waals surface area contributed by atoms with Crippen molar-refractivity contribution in [2.45, 2.75) is 44.7 Å². The summed E-state index contributed by atoms with van der Waals surface area (Å²) in [5, 5.41) is 0. The van der Waals surface area contributed by atoms with Crippen LogP contribution in [0.4, 0.5) is 4.39 Å². The molecule has 0 radical (unpaired) electrons. The van der Waals surface area contributed by atoms with E-state index in [4.69, 9.17) is 10.5 Å². The molecule has 2 rings (SSSR count). The molecule has 0 aromatic heterocycles. The standard InChI is InChI=1S/C16H23FN2O2/c1-3-13(18)7-11-6-12(17)9-15(8-11)21-10-16(20)19(2)14-4-5-14/h6,8-9,13-14H,3-5,7,10,18H2,1-2H3. The molecule has 21 heavy (non-hydrogen) atoms. The normalized spacial score (nSPS) is 15.6. The Balaban J connectivity index is 1.94. The molecule has 1 atom stereocenters. The first kappa shape index (κ1) is 15.8. The summed E-state index contributed by atoms with van der Waals surface area (Å²) in [6, 6.07) is 4.86.